The maximum absolute atomic E-state index is 15.0. The molecule has 0 aliphatic heterocycles. The molecule has 0 atom stereocenters. The number of rotatable bonds is 3. The molecule has 0 amide bonds. The third-order valence-electron chi connectivity index (χ3n) is 6.17. The van der Waals surface area contributed by atoms with Gasteiger partial charge in [-0.3, -0.25) is 4.79 Å². The van der Waals surface area contributed by atoms with Gasteiger partial charge in [0.05, 0.1) is 27.5 Å². The van der Waals surface area contributed by atoms with Gasteiger partial charge < -0.3 is 5.11 Å². The van der Waals surface area contributed by atoms with Crippen LogP contribution in [0.25, 0.3) is 11.3 Å². The van der Waals surface area contributed by atoms with Gasteiger partial charge in [0.2, 0.25) is 0 Å². The van der Waals surface area contributed by atoms with Crippen molar-refractivity contribution in [3.8, 4) is 11.3 Å². The molecular weight excluding hydrogens is 444 g/mol. The average Bonchev–Trinajstić information content (AvgIpc) is 3.37. The Morgan fingerprint density at radius 3 is 2.58 bits per heavy atom. The summed E-state index contributed by atoms with van der Waals surface area (Å²) in [5.41, 5.74) is 1.89. The normalized spacial score (nSPS) is 16.2. The van der Waals surface area contributed by atoms with E-state index in [1.165, 1.54) is 29.1 Å². The maximum Gasteiger partial charge on any atom is 0.335 e. The van der Waals surface area contributed by atoms with Crippen molar-refractivity contribution < 1.29 is 19.1 Å². The number of halogens is 3. The Morgan fingerprint density at radius 1 is 1.16 bits per heavy atom. The first kappa shape index (κ1) is 20.2. The lowest BCUT2D eigenvalue weighted by atomic mass is 9.81. The monoisotopic (exact) mass is 459 g/mol. The fourth-order valence-electron chi connectivity index (χ4n) is 4.52. The van der Waals surface area contributed by atoms with Crippen LogP contribution < -0.4 is 0 Å². The summed E-state index contributed by atoms with van der Waals surface area (Å²) in [5, 5.41) is 13.8. The van der Waals surface area contributed by atoms with Crippen molar-refractivity contribution >= 4 is 35.1 Å². The van der Waals surface area contributed by atoms with Crippen molar-refractivity contribution in [2.75, 3.05) is 0 Å². The van der Waals surface area contributed by atoms with Gasteiger partial charge in [-0.25, -0.2) is 14.2 Å². The smallest absolute Gasteiger partial charge is 0.335 e. The lowest BCUT2D eigenvalue weighted by Gasteiger charge is -2.23. The fraction of sp³-hybridized carbons (Fsp3) is 0.273. The highest BCUT2D eigenvalue weighted by Gasteiger charge is 2.51. The van der Waals surface area contributed by atoms with Gasteiger partial charge >= 0.3 is 5.97 Å². The summed E-state index contributed by atoms with van der Waals surface area (Å²) < 4.78 is 16.2. The van der Waals surface area contributed by atoms with E-state index in [4.69, 9.17) is 28.3 Å². The molecule has 1 aromatic carbocycles. The molecule has 1 N–H and O–H groups in total. The van der Waals surface area contributed by atoms with Crippen LogP contribution in [0.4, 0.5) is 4.39 Å². The van der Waals surface area contributed by atoms with Gasteiger partial charge in [-0.1, -0.05) is 23.2 Å². The predicted molar refractivity (Wildman–Crippen MR) is 112 cm³/mol. The molecule has 0 saturated heterocycles. The maximum atomic E-state index is 15.0. The van der Waals surface area contributed by atoms with Crippen LogP contribution in [0.3, 0.4) is 0 Å². The Balaban J connectivity index is 1.72. The summed E-state index contributed by atoms with van der Waals surface area (Å²) in [7, 11) is 0. The fourth-order valence-corrected chi connectivity index (χ4v) is 5.03. The summed E-state index contributed by atoms with van der Waals surface area (Å²) in [6.45, 7) is 0. The number of carbonyl (C=O) groups is 2. The van der Waals surface area contributed by atoms with E-state index in [-0.39, 0.29) is 32.3 Å². The molecule has 2 heterocycles. The molecule has 1 spiro atoms. The molecule has 0 radical (unpaired) electrons. The summed E-state index contributed by atoms with van der Waals surface area (Å²) in [4.78, 5) is 28.5. The van der Waals surface area contributed by atoms with E-state index in [2.05, 4.69) is 10.1 Å². The number of hydrogen-bond donors (Lipinski definition) is 1. The van der Waals surface area contributed by atoms with Crippen LogP contribution in [0, 0.1) is 5.82 Å². The minimum absolute atomic E-state index is 0.0303. The third kappa shape index (κ3) is 3.15. The van der Waals surface area contributed by atoms with Gasteiger partial charge in [0.25, 0.3) is 5.91 Å². The van der Waals surface area contributed by atoms with Crippen molar-refractivity contribution in [3.05, 3.63) is 68.8 Å². The molecule has 2 aromatic heterocycles. The average molecular weight is 460 g/mol. The number of carboxylic acid groups (broad SMARTS) is 1. The van der Waals surface area contributed by atoms with Crippen LogP contribution in [0.2, 0.25) is 10.2 Å². The van der Waals surface area contributed by atoms with E-state index in [1.807, 2.05) is 0 Å². The Bertz CT molecular complexity index is 1250. The standard InChI is InChI=1S/C22H16Cl2FN3O3/c23-13-5-9-26-19(24)16(13)20(29)28-15-2-1-6-22(7-8-22)17(15)18(27-28)12-4-3-11(21(30)31)10-14(12)25/h3-5,9-10H,1-2,6-8H2,(H,30,31). The van der Waals surface area contributed by atoms with Crippen LogP contribution in [0.1, 0.15) is 57.7 Å². The number of fused-ring (bicyclic) bond motifs is 2. The SMILES string of the molecule is O=C(O)c1ccc(-c2nn(C(=O)c3c(Cl)ccnc3Cl)c3c2C2(CCC3)CC2)c(F)c1. The van der Waals surface area contributed by atoms with E-state index < -0.39 is 17.7 Å². The molecule has 1 saturated carbocycles. The highest BCUT2D eigenvalue weighted by atomic mass is 35.5. The zero-order valence-corrected chi connectivity index (χ0v) is 17.7. The summed E-state index contributed by atoms with van der Waals surface area (Å²) in [6, 6.07) is 5.20. The van der Waals surface area contributed by atoms with Crippen LogP contribution in [-0.2, 0) is 11.8 Å². The second kappa shape index (κ2) is 7.14. The van der Waals surface area contributed by atoms with Gasteiger partial charge in [-0.05, 0) is 61.8 Å². The number of aromatic nitrogens is 3. The minimum Gasteiger partial charge on any atom is -0.478 e. The number of carbonyl (C=O) groups excluding carboxylic acids is 1. The molecule has 3 aromatic rings. The van der Waals surface area contributed by atoms with Crippen molar-refractivity contribution in [2.45, 2.75) is 37.5 Å². The predicted octanol–water partition coefficient (Wildman–Crippen LogP) is 5.15. The summed E-state index contributed by atoms with van der Waals surface area (Å²) in [5.74, 6) is -2.43. The quantitative estimate of drug-likeness (QED) is 0.547. The topological polar surface area (TPSA) is 85.1 Å². The summed E-state index contributed by atoms with van der Waals surface area (Å²) in [6.07, 6.45) is 5.73. The highest BCUT2D eigenvalue weighted by molar-refractivity contribution is 6.39. The van der Waals surface area contributed by atoms with Crippen molar-refractivity contribution in [1.29, 1.82) is 0 Å². The third-order valence-corrected chi connectivity index (χ3v) is 6.77. The molecule has 31 heavy (non-hydrogen) atoms. The molecule has 2 aliphatic carbocycles. The first-order valence-electron chi connectivity index (χ1n) is 9.83. The van der Waals surface area contributed by atoms with Crippen molar-refractivity contribution in [3.63, 3.8) is 0 Å². The van der Waals surface area contributed by atoms with Gasteiger partial charge in [-0.15, -0.1) is 0 Å². The molecule has 5 rings (SSSR count). The zero-order chi connectivity index (χ0) is 21.9. The first-order valence-corrected chi connectivity index (χ1v) is 10.6. The van der Waals surface area contributed by atoms with E-state index in [1.54, 1.807) is 0 Å². The number of benzene rings is 1. The second-order valence-corrected chi connectivity index (χ2v) is 8.74. The first-order chi connectivity index (χ1) is 14.8. The van der Waals surface area contributed by atoms with Crippen molar-refractivity contribution in [1.82, 2.24) is 14.8 Å². The second-order valence-electron chi connectivity index (χ2n) is 7.98. The lowest BCUT2D eigenvalue weighted by Crippen LogP contribution is -2.22. The van der Waals surface area contributed by atoms with Gasteiger partial charge in [0.15, 0.2) is 0 Å². The molecule has 9 heteroatoms. The highest BCUT2D eigenvalue weighted by Crippen LogP contribution is 2.58. The van der Waals surface area contributed by atoms with Crippen LogP contribution in [0.15, 0.2) is 30.5 Å². The molecule has 0 bridgehead atoms. The van der Waals surface area contributed by atoms with Crippen molar-refractivity contribution in [2.24, 2.45) is 0 Å². The van der Waals surface area contributed by atoms with E-state index in [0.29, 0.717) is 12.1 Å². The van der Waals surface area contributed by atoms with Crippen LogP contribution in [0.5, 0.6) is 0 Å². The van der Waals surface area contributed by atoms with E-state index in [0.717, 1.165) is 43.0 Å². The Kier molecular flexibility index (Phi) is 4.64. The zero-order valence-electron chi connectivity index (χ0n) is 16.2. The lowest BCUT2D eigenvalue weighted by molar-refractivity contribution is 0.0696. The number of hydrogen-bond acceptors (Lipinski definition) is 4. The number of aromatic carboxylic acids is 1. The van der Waals surface area contributed by atoms with E-state index in [9.17, 15) is 14.0 Å². The molecule has 1 fully saturated rings. The number of nitrogens with zero attached hydrogens (tertiary/aromatic N) is 3. The van der Waals surface area contributed by atoms with Gasteiger partial charge in [0, 0.05) is 17.3 Å². The summed E-state index contributed by atoms with van der Waals surface area (Å²) >= 11 is 12.4. The minimum atomic E-state index is -1.22. The largest absolute Gasteiger partial charge is 0.478 e. The molecule has 6 nitrogen and oxygen atoms in total. The Labute approximate surface area is 186 Å². The molecule has 0 unspecified atom stereocenters. The van der Waals surface area contributed by atoms with E-state index >= 15 is 0 Å². The number of pyridine rings is 1. The molecule has 2 aliphatic rings. The Hall–Kier alpha value is -2.77. The van der Waals surface area contributed by atoms with Crippen LogP contribution in [-0.4, -0.2) is 31.7 Å². The molecular formula is C22H16Cl2FN3O3. The Morgan fingerprint density at radius 2 is 1.94 bits per heavy atom. The van der Waals surface area contributed by atoms with Gasteiger partial charge in [0.1, 0.15) is 11.0 Å². The van der Waals surface area contributed by atoms with Gasteiger partial charge in [-0.2, -0.15) is 9.78 Å². The van der Waals surface area contributed by atoms with Crippen LogP contribution >= 0.6 is 23.2 Å². The molecule has 158 valence electrons. The number of carboxylic acids is 1.